The Morgan fingerprint density at radius 3 is 2.18 bits per heavy atom. The number of rotatable bonds is 9. The quantitative estimate of drug-likeness (QED) is 0.445. The lowest BCUT2D eigenvalue weighted by atomic mass is 10.0. The van der Waals surface area contributed by atoms with E-state index >= 15 is 0 Å². The molecule has 1 unspecified atom stereocenters. The number of sulfonamides is 1. The van der Waals surface area contributed by atoms with Crippen LogP contribution in [0.3, 0.4) is 0 Å². The first kappa shape index (κ1) is 23.8. The summed E-state index contributed by atoms with van der Waals surface area (Å²) in [5.74, 6) is -0.353. The van der Waals surface area contributed by atoms with E-state index in [-0.39, 0.29) is 29.7 Å². The molecule has 0 saturated heterocycles. The van der Waals surface area contributed by atoms with Crippen molar-refractivity contribution in [3.05, 3.63) is 90.0 Å². The summed E-state index contributed by atoms with van der Waals surface area (Å²) in [5, 5.41) is 5.70. The van der Waals surface area contributed by atoms with Gasteiger partial charge < -0.3 is 15.4 Å². The van der Waals surface area contributed by atoms with Crippen LogP contribution in [0.25, 0.3) is 0 Å². The highest BCUT2D eigenvalue weighted by molar-refractivity contribution is 7.92. The van der Waals surface area contributed by atoms with Crippen molar-refractivity contribution in [2.75, 3.05) is 23.4 Å². The molecule has 9 heteroatoms. The van der Waals surface area contributed by atoms with Gasteiger partial charge in [0.15, 0.2) is 0 Å². The number of methoxy groups -OCH3 is 1. The van der Waals surface area contributed by atoms with Crippen LogP contribution in [-0.4, -0.2) is 33.6 Å². The van der Waals surface area contributed by atoms with Gasteiger partial charge in [-0.25, -0.2) is 8.42 Å². The zero-order valence-corrected chi connectivity index (χ0v) is 19.1. The molecule has 0 heterocycles. The van der Waals surface area contributed by atoms with Crippen LogP contribution in [0.2, 0.25) is 0 Å². The Balaban J connectivity index is 1.75. The Hall–Kier alpha value is -3.85. The number of carbonyl (C=O) groups is 2. The van der Waals surface area contributed by atoms with E-state index in [1.165, 1.54) is 19.2 Å². The summed E-state index contributed by atoms with van der Waals surface area (Å²) in [6.07, 6.45) is 1.03. The van der Waals surface area contributed by atoms with Gasteiger partial charge in [0, 0.05) is 17.3 Å². The van der Waals surface area contributed by atoms with Gasteiger partial charge in [0.2, 0.25) is 15.9 Å². The van der Waals surface area contributed by atoms with E-state index in [4.69, 9.17) is 4.74 Å². The number of amides is 2. The van der Waals surface area contributed by atoms with Crippen molar-refractivity contribution in [1.29, 1.82) is 0 Å². The molecular weight excluding hydrogens is 442 g/mol. The zero-order valence-electron chi connectivity index (χ0n) is 18.2. The fourth-order valence-electron chi connectivity index (χ4n) is 3.22. The third kappa shape index (κ3) is 7.08. The number of benzene rings is 3. The summed E-state index contributed by atoms with van der Waals surface area (Å²) < 4.78 is 30.6. The molecule has 8 nitrogen and oxygen atoms in total. The summed E-state index contributed by atoms with van der Waals surface area (Å²) in [7, 11) is -2.08. The molecule has 0 spiro atoms. The largest absolute Gasteiger partial charge is 0.494 e. The van der Waals surface area contributed by atoms with Crippen LogP contribution in [-0.2, 0) is 14.8 Å². The van der Waals surface area contributed by atoms with Gasteiger partial charge in [-0.05, 0) is 29.8 Å². The fourth-order valence-corrected chi connectivity index (χ4v) is 3.79. The van der Waals surface area contributed by atoms with Gasteiger partial charge >= 0.3 is 0 Å². The van der Waals surface area contributed by atoms with Crippen LogP contribution in [0, 0.1) is 0 Å². The zero-order chi connectivity index (χ0) is 23.8. The van der Waals surface area contributed by atoms with Crippen LogP contribution in [0.5, 0.6) is 5.75 Å². The monoisotopic (exact) mass is 467 g/mol. The van der Waals surface area contributed by atoms with E-state index in [0.29, 0.717) is 11.3 Å². The molecule has 0 radical (unpaired) electrons. The average molecular weight is 468 g/mol. The molecule has 0 aliphatic heterocycles. The predicted octanol–water partition coefficient (Wildman–Crippen LogP) is 3.57. The van der Waals surface area contributed by atoms with Crippen molar-refractivity contribution in [2.45, 2.75) is 12.5 Å². The van der Waals surface area contributed by atoms with E-state index in [2.05, 4.69) is 15.4 Å². The average Bonchev–Trinajstić information content (AvgIpc) is 2.79. The lowest BCUT2D eigenvalue weighted by molar-refractivity contribution is -0.116. The van der Waals surface area contributed by atoms with Gasteiger partial charge in [0.25, 0.3) is 5.91 Å². The first-order chi connectivity index (χ1) is 15.7. The minimum Gasteiger partial charge on any atom is -0.494 e. The molecule has 172 valence electrons. The number of hydrogen-bond donors (Lipinski definition) is 3. The van der Waals surface area contributed by atoms with E-state index in [0.717, 1.165) is 11.8 Å². The van der Waals surface area contributed by atoms with Crippen LogP contribution in [0.15, 0.2) is 78.9 Å². The van der Waals surface area contributed by atoms with Crippen molar-refractivity contribution in [2.24, 2.45) is 0 Å². The lowest BCUT2D eigenvalue weighted by Crippen LogP contribution is -2.31. The number of ether oxygens (including phenoxy) is 1. The summed E-state index contributed by atoms with van der Waals surface area (Å²) in [6.45, 7) is 0. The molecule has 0 bridgehead atoms. The third-order valence-electron chi connectivity index (χ3n) is 4.71. The van der Waals surface area contributed by atoms with Gasteiger partial charge in [-0.2, -0.15) is 0 Å². The predicted molar refractivity (Wildman–Crippen MR) is 128 cm³/mol. The van der Waals surface area contributed by atoms with Crippen LogP contribution >= 0.6 is 0 Å². The summed E-state index contributed by atoms with van der Waals surface area (Å²) in [5.41, 5.74) is 1.98. The first-order valence-corrected chi connectivity index (χ1v) is 12.0. The Morgan fingerprint density at radius 2 is 1.58 bits per heavy atom. The minimum absolute atomic E-state index is 0.00571. The smallest absolute Gasteiger partial charge is 0.251 e. The van der Waals surface area contributed by atoms with Gasteiger partial charge in [0.1, 0.15) is 5.75 Å². The molecule has 33 heavy (non-hydrogen) atoms. The first-order valence-electron chi connectivity index (χ1n) is 10.1. The van der Waals surface area contributed by atoms with Crippen molar-refractivity contribution in [1.82, 2.24) is 5.32 Å². The number of carbonyl (C=O) groups excluding carboxylic acids is 2. The van der Waals surface area contributed by atoms with E-state index in [1.807, 2.05) is 36.4 Å². The third-order valence-corrected chi connectivity index (χ3v) is 5.30. The molecule has 0 saturated carbocycles. The number of anilines is 2. The highest BCUT2D eigenvalue weighted by atomic mass is 32.2. The second kappa shape index (κ2) is 10.6. The molecule has 3 aromatic rings. The van der Waals surface area contributed by atoms with E-state index in [9.17, 15) is 18.0 Å². The lowest BCUT2D eigenvalue weighted by Gasteiger charge is -2.19. The maximum atomic E-state index is 12.8. The van der Waals surface area contributed by atoms with Gasteiger partial charge in [-0.1, -0.05) is 48.5 Å². The fraction of sp³-hybridized carbons (Fsp3) is 0.167. The molecular formula is C24H25N3O5S. The van der Waals surface area contributed by atoms with Crippen LogP contribution < -0.4 is 20.1 Å². The van der Waals surface area contributed by atoms with Crippen LogP contribution in [0.1, 0.15) is 28.4 Å². The second-order valence-corrected chi connectivity index (χ2v) is 9.09. The summed E-state index contributed by atoms with van der Waals surface area (Å²) in [4.78, 5) is 25.5. The van der Waals surface area contributed by atoms with Gasteiger partial charge in [-0.15, -0.1) is 0 Å². The maximum Gasteiger partial charge on any atom is 0.251 e. The molecule has 0 aliphatic carbocycles. The number of nitrogens with one attached hydrogen (secondary N) is 3. The standard InChI is InChI=1S/C24H25N3O5S/c1-32-22-15-19(13-14-20(22)27-33(2,30)31)25-23(28)16-21(17-9-5-3-6-10-17)26-24(29)18-11-7-4-8-12-18/h3-15,21,27H,16H2,1-2H3,(H,25,28)(H,26,29). The summed E-state index contributed by atoms with van der Waals surface area (Å²) in [6, 6.07) is 22.0. The normalized spacial score (nSPS) is 11.8. The van der Waals surface area contributed by atoms with Crippen molar-refractivity contribution in [3.8, 4) is 5.75 Å². The second-order valence-electron chi connectivity index (χ2n) is 7.34. The van der Waals surface area contributed by atoms with Crippen molar-refractivity contribution in [3.63, 3.8) is 0 Å². The van der Waals surface area contributed by atoms with Crippen molar-refractivity contribution < 1.29 is 22.7 Å². The topological polar surface area (TPSA) is 114 Å². The number of hydrogen-bond acceptors (Lipinski definition) is 5. The van der Waals surface area contributed by atoms with Gasteiger partial charge in [-0.3, -0.25) is 14.3 Å². The van der Waals surface area contributed by atoms with E-state index in [1.54, 1.807) is 30.3 Å². The molecule has 0 fully saturated rings. The summed E-state index contributed by atoms with van der Waals surface area (Å²) >= 11 is 0. The Kier molecular flexibility index (Phi) is 7.68. The minimum atomic E-state index is -3.48. The Bertz CT molecular complexity index is 1220. The Morgan fingerprint density at radius 1 is 0.939 bits per heavy atom. The molecule has 3 aromatic carbocycles. The van der Waals surface area contributed by atoms with Crippen LogP contribution in [0.4, 0.5) is 11.4 Å². The molecule has 1 atom stereocenters. The van der Waals surface area contributed by atoms with Crippen molar-refractivity contribution >= 4 is 33.2 Å². The Labute approximate surface area is 193 Å². The SMILES string of the molecule is COc1cc(NC(=O)CC(NC(=O)c2ccccc2)c2ccccc2)ccc1NS(C)(=O)=O. The molecule has 0 aromatic heterocycles. The maximum absolute atomic E-state index is 12.8. The highest BCUT2D eigenvalue weighted by Gasteiger charge is 2.20. The molecule has 0 aliphatic rings. The molecule has 2 amide bonds. The highest BCUT2D eigenvalue weighted by Crippen LogP contribution is 2.29. The molecule has 3 rings (SSSR count). The van der Waals surface area contributed by atoms with Gasteiger partial charge in [0.05, 0.1) is 31.5 Å². The van der Waals surface area contributed by atoms with E-state index < -0.39 is 16.1 Å². The molecule has 3 N–H and O–H groups in total.